The second kappa shape index (κ2) is 8.46. The van der Waals surface area contributed by atoms with Crippen molar-refractivity contribution in [1.82, 2.24) is 15.3 Å². The van der Waals surface area contributed by atoms with Gasteiger partial charge in [-0.05, 0) is 37.5 Å². The molecule has 3 aromatic rings. The Bertz CT molecular complexity index is 1170. The minimum atomic E-state index is -1.02. The van der Waals surface area contributed by atoms with Crippen LogP contribution in [0.3, 0.4) is 0 Å². The molecule has 0 saturated heterocycles. The van der Waals surface area contributed by atoms with Gasteiger partial charge < -0.3 is 20.5 Å². The van der Waals surface area contributed by atoms with Gasteiger partial charge in [0.25, 0.3) is 0 Å². The van der Waals surface area contributed by atoms with Crippen molar-refractivity contribution in [3.63, 3.8) is 0 Å². The molecule has 1 saturated carbocycles. The van der Waals surface area contributed by atoms with Crippen LogP contribution in [0.5, 0.6) is 5.75 Å². The van der Waals surface area contributed by atoms with Gasteiger partial charge in [-0.15, -0.1) is 11.3 Å². The number of carboxylic acid groups (broad SMARTS) is 1. The highest BCUT2D eigenvalue weighted by molar-refractivity contribution is 7.20. The Kier molecular flexibility index (Phi) is 5.73. The number of halogens is 1. The number of amides is 1. The van der Waals surface area contributed by atoms with Gasteiger partial charge in [0.1, 0.15) is 39.5 Å². The molecule has 10 heteroatoms. The van der Waals surface area contributed by atoms with E-state index >= 15 is 0 Å². The molecule has 162 valence electrons. The summed E-state index contributed by atoms with van der Waals surface area (Å²) in [5, 5.41) is 16.1. The fourth-order valence-electron chi connectivity index (χ4n) is 3.84. The Morgan fingerprint density at radius 1 is 1.29 bits per heavy atom. The summed E-state index contributed by atoms with van der Waals surface area (Å²) in [7, 11) is 0. The van der Waals surface area contributed by atoms with Gasteiger partial charge in [0.05, 0.1) is 11.1 Å². The summed E-state index contributed by atoms with van der Waals surface area (Å²) >= 11 is 1.08. The summed E-state index contributed by atoms with van der Waals surface area (Å²) in [6.07, 6.45) is 3.36. The van der Waals surface area contributed by atoms with Gasteiger partial charge in [0.2, 0.25) is 5.91 Å². The molecule has 3 N–H and O–H groups in total. The summed E-state index contributed by atoms with van der Waals surface area (Å²) in [6, 6.07) is 4.21. The summed E-state index contributed by atoms with van der Waals surface area (Å²) in [5.74, 6) is -0.799. The van der Waals surface area contributed by atoms with E-state index in [1.54, 1.807) is 13.0 Å². The lowest BCUT2D eigenvalue weighted by Crippen LogP contribution is -2.31. The zero-order valence-corrected chi connectivity index (χ0v) is 17.8. The normalized spacial score (nSPS) is 18.2. The SMILES string of the molecule is CC(=O)NC1CCC(Oc2cc(F)ccc2Nc2ncnc3sc(C(=O)O)c(C)c23)C1. The van der Waals surface area contributed by atoms with Crippen molar-refractivity contribution >= 4 is 44.9 Å². The van der Waals surface area contributed by atoms with Crippen LogP contribution in [0, 0.1) is 12.7 Å². The number of aryl methyl sites for hydroxylation is 1. The molecule has 1 amide bonds. The second-order valence-electron chi connectivity index (χ2n) is 7.48. The monoisotopic (exact) mass is 444 g/mol. The highest BCUT2D eigenvalue weighted by Gasteiger charge is 2.27. The minimum Gasteiger partial charge on any atom is -0.488 e. The molecule has 8 nitrogen and oxygen atoms in total. The summed E-state index contributed by atoms with van der Waals surface area (Å²) < 4.78 is 20.0. The van der Waals surface area contributed by atoms with Crippen molar-refractivity contribution < 1.29 is 23.8 Å². The maximum absolute atomic E-state index is 14.0. The molecular formula is C21H21FN4O4S. The molecule has 4 rings (SSSR count). The Morgan fingerprint density at radius 3 is 2.84 bits per heavy atom. The average Bonchev–Trinajstić information content (AvgIpc) is 3.28. The predicted molar refractivity (Wildman–Crippen MR) is 115 cm³/mol. The van der Waals surface area contributed by atoms with Gasteiger partial charge in [0, 0.05) is 25.5 Å². The van der Waals surface area contributed by atoms with Gasteiger partial charge >= 0.3 is 5.97 Å². The molecule has 1 aliphatic rings. The van der Waals surface area contributed by atoms with Crippen LogP contribution in [-0.2, 0) is 4.79 Å². The number of carbonyl (C=O) groups excluding carboxylic acids is 1. The standard InChI is InChI=1S/C21H21FN4O4S/c1-10-17-19(23-9-24-20(17)31-18(10)21(28)29)26-15-6-3-12(22)7-16(15)30-14-5-4-13(8-14)25-11(2)27/h3,6-7,9,13-14H,4-5,8H2,1-2H3,(H,25,27)(H,28,29)(H,23,24,26). The van der Waals surface area contributed by atoms with Crippen molar-refractivity contribution in [3.8, 4) is 5.75 Å². The van der Waals surface area contributed by atoms with Crippen LogP contribution in [0.15, 0.2) is 24.5 Å². The number of thiophene rings is 1. The smallest absolute Gasteiger partial charge is 0.346 e. The van der Waals surface area contributed by atoms with Crippen LogP contribution in [0.25, 0.3) is 10.2 Å². The van der Waals surface area contributed by atoms with Gasteiger partial charge in [-0.25, -0.2) is 19.2 Å². The summed E-state index contributed by atoms with van der Waals surface area (Å²) in [5.41, 5.74) is 1.07. The van der Waals surface area contributed by atoms with Crippen molar-refractivity contribution in [2.75, 3.05) is 5.32 Å². The highest BCUT2D eigenvalue weighted by atomic mass is 32.1. The molecule has 31 heavy (non-hydrogen) atoms. The van der Waals surface area contributed by atoms with Crippen LogP contribution in [0.4, 0.5) is 15.9 Å². The number of benzene rings is 1. The van der Waals surface area contributed by atoms with E-state index in [1.807, 2.05) is 0 Å². The Labute approximate surface area is 181 Å². The number of rotatable bonds is 6. The Balaban J connectivity index is 1.62. The number of anilines is 2. The summed E-state index contributed by atoms with van der Waals surface area (Å²) in [6.45, 7) is 3.19. The van der Waals surface area contributed by atoms with Crippen LogP contribution in [0.2, 0.25) is 0 Å². The third-order valence-electron chi connectivity index (χ3n) is 5.20. The molecule has 2 unspecified atom stereocenters. The number of hydrogen-bond acceptors (Lipinski definition) is 7. The zero-order chi connectivity index (χ0) is 22.1. The lowest BCUT2D eigenvalue weighted by Gasteiger charge is -2.18. The van der Waals surface area contributed by atoms with Gasteiger partial charge in [-0.2, -0.15) is 0 Å². The quantitative estimate of drug-likeness (QED) is 0.526. The van der Waals surface area contributed by atoms with Crippen LogP contribution in [0.1, 0.15) is 41.4 Å². The highest BCUT2D eigenvalue weighted by Crippen LogP contribution is 2.37. The first-order valence-corrected chi connectivity index (χ1v) is 10.6. The number of fused-ring (bicyclic) bond motifs is 1. The van der Waals surface area contributed by atoms with E-state index < -0.39 is 11.8 Å². The third-order valence-corrected chi connectivity index (χ3v) is 6.39. The molecule has 2 aromatic heterocycles. The Morgan fingerprint density at radius 2 is 2.10 bits per heavy atom. The number of ether oxygens (including phenoxy) is 1. The minimum absolute atomic E-state index is 0.0388. The van der Waals surface area contributed by atoms with Crippen molar-refractivity contribution in [3.05, 3.63) is 40.8 Å². The lowest BCUT2D eigenvalue weighted by atomic mass is 10.2. The van der Waals surface area contributed by atoms with E-state index in [0.29, 0.717) is 39.5 Å². The molecule has 1 aromatic carbocycles. The maximum Gasteiger partial charge on any atom is 0.346 e. The third kappa shape index (κ3) is 4.43. The zero-order valence-electron chi connectivity index (χ0n) is 16.9. The molecular weight excluding hydrogens is 423 g/mol. The van der Waals surface area contributed by atoms with Gasteiger partial charge in [-0.3, -0.25) is 4.79 Å². The average molecular weight is 444 g/mol. The second-order valence-corrected chi connectivity index (χ2v) is 8.48. The van der Waals surface area contributed by atoms with Crippen molar-refractivity contribution in [2.45, 2.75) is 45.3 Å². The molecule has 0 spiro atoms. The molecule has 1 fully saturated rings. The van der Waals surface area contributed by atoms with Gasteiger partial charge in [0.15, 0.2) is 0 Å². The van der Waals surface area contributed by atoms with Crippen molar-refractivity contribution in [2.24, 2.45) is 0 Å². The van der Waals surface area contributed by atoms with Crippen LogP contribution >= 0.6 is 11.3 Å². The predicted octanol–water partition coefficient (Wildman–Crippen LogP) is 4.02. The number of nitrogens with zero attached hydrogens (tertiary/aromatic N) is 2. The van der Waals surface area contributed by atoms with Gasteiger partial charge in [-0.1, -0.05) is 0 Å². The number of aromatic carboxylic acids is 1. The van der Waals surface area contributed by atoms with E-state index in [4.69, 9.17) is 4.74 Å². The van der Waals surface area contributed by atoms with E-state index in [0.717, 1.165) is 24.2 Å². The van der Waals surface area contributed by atoms with Crippen LogP contribution in [-0.4, -0.2) is 39.1 Å². The van der Waals surface area contributed by atoms with Crippen LogP contribution < -0.4 is 15.4 Å². The van der Waals surface area contributed by atoms with E-state index in [2.05, 4.69) is 20.6 Å². The first kappa shape index (κ1) is 21.0. The lowest BCUT2D eigenvalue weighted by molar-refractivity contribution is -0.119. The number of nitrogens with one attached hydrogen (secondary N) is 2. The number of carbonyl (C=O) groups is 2. The molecule has 2 heterocycles. The molecule has 0 bridgehead atoms. The first-order chi connectivity index (χ1) is 14.8. The topological polar surface area (TPSA) is 113 Å². The fourth-order valence-corrected chi connectivity index (χ4v) is 4.83. The summed E-state index contributed by atoms with van der Waals surface area (Å²) in [4.78, 5) is 32.0. The van der Waals surface area contributed by atoms with E-state index in [1.165, 1.54) is 25.4 Å². The fraction of sp³-hybridized carbons (Fsp3) is 0.333. The molecule has 0 radical (unpaired) electrons. The maximum atomic E-state index is 14.0. The number of hydrogen-bond donors (Lipinski definition) is 3. The molecule has 0 aliphatic heterocycles. The number of carboxylic acids is 1. The largest absolute Gasteiger partial charge is 0.488 e. The van der Waals surface area contributed by atoms with E-state index in [-0.39, 0.29) is 22.9 Å². The Hall–Kier alpha value is -3.27. The van der Waals surface area contributed by atoms with Crippen molar-refractivity contribution in [1.29, 1.82) is 0 Å². The first-order valence-electron chi connectivity index (χ1n) is 9.79. The molecule has 2 atom stereocenters. The number of aromatic nitrogens is 2. The molecule has 1 aliphatic carbocycles. The van der Waals surface area contributed by atoms with E-state index in [9.17, 15) is 19.1 Å².